The first kappa shape index (κ1) is 15.9. The van der Waals surface area contributed by atoms with Crippen molar-refractivity contribution < 1.29 is 13.3 Å². The Hall–Kier alpha value is -3.60. The maximum absolute atomic E-state index is 12.3. The van der Waals surface area contributed by atoms with Crippen LogP contribution in [0, 0.1) is 6.92 Å². The van der Waals surface area contributed by atoms with Gasteiger partial charge < -0.3 is 13.3 Å². The molecular weight excluding hydrogens is 332 g/mol. The summed E-state index contributed by atoms with van der Waals surface area (Å²) in [7, 11) is 0. The molecule has 0 aliphatic carbocycles. The van der Waals surface area contributed by atoms with Gasteiger partial charge in [0.1, 0.15) is 22.3 Å². The van der Waals surface area contributed by atoms with Gasteiger partial charge in [0.05, 0.1) is 10.8 Å². The van der Waals surface area contributed by atoms with Crippen molar-refractivity contribution in [2.75, 3.05) is 0 Å². The Morgan fingerprint density at radius 2 is 1.08 bits per heavy atom. The lowest BCUT2D eigenvalue weighted by Crippen LogP contribution is -1.96. The van der Waals surface area contributed by atoms with E-state index >= 15 is 0 Å². The fourth-order valence-electron chi connectivity index (χ4n) is 2.58. The molecule has 128 valence electrons. The number of hydrogen-bond acceptors (Lipinski definition) is 5. The molecule has 26 heavy (non-hydrogen) atoms. The Morgan fingerprint density at radius 1 is 0.577 bits per heavy atom. The van der Waals surface area contributed by atoms with E-state index < -0.39 is 11.3 Å². The Labute approximate surface area is 147 Å². The number of aryl methyl sites for hydroxylation is 1. The van der Waals surface area contributed by atoms with E-state index in [0.717, 1.165) is 0 Å². The lowest BCUT2D eigenvalue weighted by atomic mass is 10.2. The summed E-state index contributed by atoms with van der Waals surface area (Å²) in [6.45, 7) is 1.78. The second kappa shape index (κ2) is 6.37. The SMILES string of the molecule is Cc1cc2ccc1oc(=O)c1ccc(cc1)oc1ccc(cc1)c(=O)o2. The van der Waals surface area contributed by atoms with Crippen LogP contribution in [0.3, 0.4) is 0 Å². The second-order valence-corrected chi connectivity index (χ2v) is 5.86. The number of hydrogen-bond donors (Lipinski definition) is 0. The van der Waals surface area contributed by atoms with Gasteiger partial charge in [0.15, 0.2) is 0 Å². The average molecular weight is 346 g/mol. The van der Waals surface area contributed by atoms with Crippen molar-refractivity contribution in [1.82, 2.24) is 0 Å². The molecule has 0 radical (unpaired) electrons. The molecule has 0 spiro atoms. The minimum Gasteiger partial charge on any atom is -0.457 e. The van der Waals surface area contributed by atoms with Gasteiger partial charge in [-0.2, -0.15) is 0 Å². The molecule has 6 heterocycles. The van der Waals surface area contributed by atoms with Crippen molar-refractivity contribution in [2.45, 2.75) is 6.92 Å². The van der Waals surface area contributed by atoms with Crippen LogP contribution >= 0.6 is 0 Å². The van der Waals surface area contributed by atoms with Crippen LogP contribution in [0.2, 0.25) is 0 Å². The average Bonchev–Trinajstić information content (AvgIpc) is 2.65. The predicted octanol–water partition coefficient (Wildman–Crippen LogP) is 4.64. The third-order valence-corrected chi connectivity index (χ3v) is 3.98. The van der Waals surface area contributed by atoms with Gasteiger partial charge in [-0.05, 0) is 79.2 Å². The zero-order chi connectivity index (χ0) is 18.1. The van der Waals surface area contributed by atoms with Gasteiger partial charge in [-0.15, -0.1) is 0 Å². The molecule has 9 aromatic rings. The van der Waals surface area contributed by atoms with Gasteiger partial charge in [-0.25, -0.2) is 9.59 Å². The van der Waals surface area contributed by atoms with Gasteiger partial charge in [-0.3, -0.25) is 0 Å². The van der Waals surface area contributed by atoms with Gasteiger partial charge in [0.2, 0.25) is 0 Å². The summed E-state index contributed by atoms with van der Waals surface area (Å²) in [5, 5.41) is 0.817. The molecule has 0 unspecified atom stereocenters. The molecule has 6 aromatic heterocycles. The smallest absolute Gasteiger partial charge is 0.343 e. The third kappa shape index (κ3) is 3.15. The summed E-state index contributed by atoms with van der Waals surface area (Å²) in [6.07, 6.45) is 0. The highest BCUT2D eigenvalue weighted by Gasteiger charge is 1.98. The molecule has 0 fully saturated rings. The summed E-state index contributed by atoms with van der Waals surface area (Å²) in [4.78, 5) is 24.6. The number of rotatable bonds is 0. The highest BCUT2D eigenvalue weighted by Crippen LogP contribution is 2.12. The van der Waals surface area contributed by atoms with E-state index in [4.69, 9.17) is 13.3 Å². The summed E-state index contributed by atoms with van der Waals surface area (Å²) < 4.78 is 16.5. The highest BCUT2D eigenvalue weighted by atomic mass is 16.4. The van der Waals surface area contributed by atoms with Gasteiger partial charge in [0.25, 0.3) is 0 Å². The van der Waals surface area contributed by atoms with E-state index in [-0.39, 0.29) is 0 Å². The predicted molar refractivity (Wildman–Crippen MR) is 99.5 cm³/mol. The summed E-state index contributed by atoms with van der Waals surface area (Å²) in [5.41, 5.74) is 1.65. The molecule has 0 saturated carbocycles. The maximum Gasteiger partial charge on any atom is 0.343 e. The highest BCUT2D eigenvalue weighted by molar-refractivity contribution is 5.62. The largest absolute Gasteiger partial charge is 0.457 e. The molecule has 0 saturated heterocycles. The van der Waals surface area contributed by atoms with Crippen LogP contribution in [0.5, 0.6) is 0 Å². The third-order valence-electron chi connectivity index (χ3n) is 3.98. The quantitative estimate of drug-likeness (QED) is 0.464. The molecule has 0 amide bonds. The van der Waals surface area contributed by atoms with Crippen LogP contribution in [-0.2, 0) is 0 Å². The molecule has 5 heteroatoms. The molecule has 6 bridgehead atoms. The molecule has 0 aliphatic heterocycles. The van der Waals surface area contributed by atoms with Gasteiger partial charge in [-0.1, -0.05) is 0 Å². The van der Waals surface area contributed by atoms with E-state index in [1.807, 2.05) is 0 Å². The number of benzene rings is 3. The first-order valence-corrected chi connectivity index (χ1v) is 8.01. The molecule has 0 aliphatic rings. The van der Waals surface area contributed by atoms with Crippen molar-refractivity contribution in [3.8, 4) is 0 Å². The van der Waals surface area contributed by atoms with Crippen LogP contribution in [0.15, 0.2) is 89.6 Å². The summed E-state index contributed by atoms with van der Waals surface area (Å²) in [6, 6.07) is 18.1. The first-order chi connectivity index (χ1) is 12.6. The van der Waals surface area contributed by atoms with E-state index in [0.29, 0.717) is 38.7 Å². The minimum atomic E-state index is -0.478. The van der Waals surface area contributed by atoms with Crippen LogP contribution in [0.4, 0.5) is 0 Å². The van der Waals surface area contributed by atoms with Crippen molar-refractivity contribution >= 4 is 33.1 Å². The van der Waals surface area contributed by atoms with E-state index in [1.54, 1.807) is 73.7 Å². The van der Waals surface area contributed by atoms with E-state index in [1.165, 1.54) is 0 Å². The molecule has 9 rings (SSSR count). The van der Waals surface area contributed by atoms with Gasteiger partial charge >= 0.3 is 11.3 Å². The molecule has 3 aromatic carbocycles. The van der Waals surface area contributed by atoms with Crippen LogP contribution < -0.4 is 11.3 Å². The van der Waals surface area contributed by atoms with Crippen molar-refractivity contribution in [1.29, 1.82) is 0 Å². The second-order valence-electron chi connectivity index (χ2n) is 5.86. The molecular formula is C21H14O5. The lowest BCUT2D eigenvalue weighted by molar-refractivity contribution is 0.558. The standard InChI is InChI=1S/C21H14O5/c1-13-12-18-10-11-19(13)26-21(23)15-4-8-17(9-5-15)24-16-6-2-14(3-7-16)20(22)25-18/h2-12H,1H3. The summed E-state index contributed by atoms with van der Waals surface area (Å²) in [5.74, 6) is 0. The van der Waals surface area contributed by atoms with E-state index in [2.05, 4.69) is 0 Å². The Kier molecular flexibility index (Phi) is 3.89. The van der Waals surface area contributed by atoms with Crippen molar-refractivity contribution in [2.24, 2.45) is 0 Å². The minimum absolute atomic E-state index is 0.376. The zero-order valence-electron chi connectivity index (χ0n) is 13.9. The lowest BCUT2D eigenvalue weighted by Gasteiger charge is -1.94. The summed E-state index contributed by atoms with van der Waals surface area (Å²) >= 11 is 0. The van der Waals surface area contributed by atoms with Crippen LogP contribution in [0.25, 0.3) is 33.1 Å². The Morgan fingerprint density at radius 3 is 1.62 bits per heavy atom. The van der Waals surface area contributed by atoms with Crippen molar-refractivity contribution in [3.63, 3.8) is 0 Å². The molecule has 0 N–H and O–H groups in total. The zero-order valence-corrected chi connectivity index (χ0v) is 13.9. The van der Waals surface area contributed by atoms with E-state index in [9.17, 15) is 9.59 Å². The Balaban J connectivity index is 2.18. The fourth-order valence-corrected chi connectivity index (χ4v) is 2.58. The van der Waals surface area contributed by atoms with Crippen molar-refractivity contribution in [3.05, 3.63) is 93.1 Å². The Bertz CT molecular complexity index is 1300. The monoisotopic (exact) mass is 346 g/mol. The van der Waals surface area contributed by atoms with Crippen LogP contribution in [-0.4, -0.2) is 0 Å². The van der Waals surface area contributed by atoms with Gasteiger partial charge in [0, 0.05) is 0 Å². The van der Waals surface area contributed by atoms with Crippen LogP contribution in [0.1, 0.15) is 5.56 Å². The topological polar surface area (TPSA) is 73.6 Å². The fraction of sp³-hybridized carbons (Fsp3) is 0.0476. The molecule has 0 atom stereocenters. The maximum atomic E-state index is 12.3. The normalized spacial score (nSPS) is 10.8. The first-order valence-electron chi connectivity index (χ1n) is 8.01. The molecule has 5 nitrogen and oxygen atoms in total.